The second-order valence-electron chi connectivity index (χ2n) is 3.59. The van der Waals surface area contributed by atoms with Crippen molar-refractivity contribution in [3.8, 4) is 0 Å². The maximum absolute atomic E-state index is 11.0. The minimum absolute atomic E-state index is 0.0209. The van der Waals surface area contributed by atoms with Crippen LogP contribution in [0.15, 0.2) is 0 Å². The summed E-state index contributed by atoms with van der Waals surface area (Å²) in [6.45, 7) is 1.45. The number of carbonyl (C=O) groups excluding carboxylic acids is 1. The number of ketones is 1. The van der Waals surface area contributed by atoms with E-state index in [-0.39, 0.29) is 24.1 Å². The van der Waals surface area contributed by atoms with Crippen LogP contribution in [0.3, 0.4) is 0 Å². The lowest BCUT2D eigenvalue weighted by atomic mass is 9.96. The molecule has 0 aromatic carbocycles. The summed E-state index contributed by atoms with van der Waals surface area (Å²) in [5.41, 5.74) is 0. The quantitative estimate of drug-likeness (QED) is 0.676. The van der Waals surface area contributed by atoms with Crippen LogP contribution in [0.5, 0.6) is 0 Å². The fraction of sp³-hybridized carbons (Fsp3) is 0.889. The SMILES string of the molecule is CC(=O)C(CCO)CCCS(C)(=O)=O. The van der Waals surface area contributed by atoms with Gasteiger partial charge in [0.25, 0.3) is 0 Å². The van der Waals surface area contributed by atoms with Gasteiger partial charge in [0.15, 0.2) is 0 Å². The molecule has 1 unspecified atom stereocenters. The molecule has 1 atom stereocenters. The second-order valence-corrected chi connectivity index (χ2v) is 5.85. The highest BCUT2D eigenvalue weighted by molar-refractivity contribution is 7.90. The van der Waals surface area contributed by atoms with E-state index in [1.165, 1.54) is 13.2 Å². The average Bonchev–Trinajstić information content (AvgIpc) is 2.00. The number of carbonyl (C=O) groups is 1. The van der Waals surface area contributed by atoms with Gasteiger partial charge in [-0.15, -0.1) is 0 Å². The Labute approximate surface area is 85.2 Å². The summed E-state index contributed by atoms with van der Waals surface area (Å²) in [6.07, 6.45) is 2.65. The zero-order valence-corrected chi connectivity index (χ0v) is 9.51. The molecule has 4 nitrogen and oxygen atoms in total. The average molecular weight is 222 g/mol. The van der Waals surface area contributed by atoms with Crippen molar-refractivity contribution >= 4 is 15.6 Å². The van der Waals surface area contributed by atoms with Crippen molar-refractivity contribution in [3.63, 3.8) is 0 Å². The minimum atomic E-state index is -2.93. The molecule has 0 bridgehead atoms. The van der Waals surface area contributed by atoms with Crippen LogP contribution >= 0.6 is 0 Å². The molecule has 0 aromatic heterocycles. The molecule has 0 spiro atoms. The minimum Gasteiger partial charge on any atom is -0.396 e. The third kappa shape index (κ3) is 7.03. The molecule has 0 aliphatic carbocycles. The summed E-state index contributed by atoms with van der Waals surface area (Å²) in [5, 5.41) is 8.67. The van der Waals surface area contributed by atoms with E-state index >= 15 is 0 Å². The van der Waals surface area contributed by atoms with Crippen LogP contribution in [-0.4, -0.2) is 37.9 Å². The standard InChI is InChI=1S/C9H18O4S/c1-8(11)9(5-6-10)4-3-7-14(2,12)13/h9-10H,3-7H2,1-2H3. The van der Waals surface area contributed by atoms with Crippen molar-refractivity contribution in [2.24, 2.45) is 5.92 Å². The van der Waals surface area contributed by atoms with Gasteiger partial charge in [0.1, 0.15) is 15.6 Å². The van der Waals surface area contributed by atoms with E-state index in [0.29, 0.717) is 19.3 Å². The Morgan fingerprint density at radius 3 is 2.29 bits per heavy atom. The second kappa shape index (κ2) is 6.14. The summed E-state index contributed by atoms with van der Waals surface area (Å²) in [5.74, 6) is -0.0586. The predicted molar refractivity (Wildman–Crippen MR) is 54.8 cm³/mol. The lowest BCUT2D eigenvalue weighted by Crippen LogP contribution is -2.14. The lowest BCUT2D eigenvalue weighted by Gasteiger charge is -2.11. The van der Waals surface area contributed by atoms with Crippen LogP contribution in [-0.2, 0) is 14.6 Å². The fourth-order valence-corrected chi connectivity index (χ4v) is 1.99. The number of hydrogen-bond donors (Lipinski definition) is 1. The molecule has 0 rings (SSSR count). The number of Topliss-reactive ketones (excluding diaryl/α,β-unsaturated/α-hetero) is 1. The number of aliphatic hydroxyl groups excluding tert-OH is 1. The largest absolute Gasteiger partial charge is 0.396 e. The molecular formula is C9H18O4S. The van der Waals surface area contributed by atoms with Gasteiger partial charge >= 0.3 is 0 Å². The summed E-state index contributed by atoms with van der Waals surface area (Å²) in [4.78, 5) is 11.0. The first-order chi connectivity index (χ1) is 6.37. The molecule has 0 aliphatic rings. The summed E-state index contributed by atoms with van der Waals surface area (Å²) >= 11 is 0. The number of rotatable bonds is 7. The summed E-state index contributed by atoms with van der Waals surface area (Å²) in [7, 11) is -2.93. The molecule has 0 amide bonds. The van der Waals surface area contributed by atoms with Gasteiger partial charge in [-0.1, -0.05) is 0 Å². The van der Waals surface area contributed by atoms with Crippen LogP contribution in [0, 0.1) is 5.92 Å². The Morgan fingerprint density at radius 1 is 1.36 bits per heavy atom. The van der Waals surface area contributed by atoms with Crippen LogP contribution in [0.1, 0.15) is 26.2 Å². The van der Waals surface area contributed by atoms with Crippen molar-refractivity contribution in [2.45, 2.75) is 26.2 Å². The van der Waals surface area contributed by atoms with Gasteiger partial charge in [0.05, 0.1) is 0 Å². The Balaban J connectivity index is 3.89. The van der Waals surface area contributed by atoms with E-state index in [2.05, 4.69) is 0 Å². The van der Waals surface area contributed by atoms with Gasteiger partial charge in [-0.2, -0.15) is 0 Å². The molecule has 0 saturated carbocycles. The van der Waals surface area contributed by atoms with Crippen molar-refractivity contribution < 1.29 is 18.3 Å². The molecule has 0 heterocycles. The van der Waals surface area contributed by atoms with E-state index < -0.39 is 9.84 Å². The fourth-order valence-electron chi connectivity index (χ4n) is 1.30. The van der Waals surface area contributed by atoms with Crippen LogP contribution in [0.2, 0.25) is 0 Å². The molecule has 0 aromatic rings. The molecule has 5 heteroatoms. The molecule has 0 radical (unpaired) electrons. The van der Waals surface area contributed by atoms with Crippen molar-refractivity contribution in [3.05, 3.63) is 0 Å². The van der Waals surface area contributed by atoms with Crippen molar-refractivity contribution in [1.82, 2.24) is 0 Å². The Kier molecular flexibility index (Phi) is 5.95. The summed E-state index contributed by atoms with van der Waals surface area (Å²) < 4.78 is 21.6. The highest BCUT2D eigenvalue weighted by atomic mass is 32.2. The third-order valence-corrected chi connectivity index (χ3v) is 3.15. The third-order valence-electron chi connectivity index (χ3n) is 2.12. The Morgan fingerprint density at radius 2 is 1.93 bits per heavy atom. The molecule has 14 heavy (non-hydrogen) atoms. The van der Waals surface area contributed by atoms with E-state index in [1.54, 1.807) is 0 Å². The van der Waals surface area contributed by atoms with Gasteiger partial charge in [-0.05, 0) is 26.2 Å². The normalized spacial score (nSPS) is 13.9. The van der Waals surface area contributed by atoms with Crippen LogP contribution < -0.4 is 0 Å². The molecule has 84 valence electrons. The van der Waals surface area contributed by atoms with Crippen LogP contribution in [0.4, 0.5) is 0 Å². The zero-order chi connectivity index (χ0) is 11.2. The number of hydrogen-bond acceptors (Lipinski definition) is 4. The Hall–Kier alpha value is -0.420. The first-order valence-corrected chi connectivity index (χ1v) is 6.72. The maximum Gasteiger partial charge on any atom is 0.147 e. The monoisotopic (exact) mass is 222 g/mol. The lowest BCUT2D eigenvalue weighted by molar-refractivity contribution is -0.121. The van der Waals surface area contributed by atoms with E-state index in [4.69, 9.17) is 5.11 Å². The molecule has 0 aliphatic heterocycles. The maximum atomic E-state index is 11.0. The summed E-state index contributed by atoms with van der Waals surface area (Å²) in [6, 6.07) is 0. The van der Waals surface area contributed by atoms with E-state index in [0.717, 1.165) is 0 Å². The number of aliphatic hydroxyl groups is 1. The van der Waals surface area contributed by atoms with Crippen molar-refractivity contribution in [2.75, 3.05) is 18.6 Å². The molecule has 0 fully saturated rings. The van der Waals surface area contributed by atoms with Gasteiger partial charge in [-0.25, -0.2) is 8.42 Å². The van der Waals surface area contributed by atoms with Gasteiger partial charge in [0, 0.05) is 24.5 Å². The highest BCUT2D eigenvalue weighted by Gasteiger charge is 2.14. The highest BCUT2D eigenvalue weighted by Crippen LogP contribution is 2.12. The predicted octanol–water partition coefficient (Wildman–Crippen LogP) is 0.399. The van der Waals surface area contributed by atoms with E-state index in [1.807, 2.05) is 0 Å². The van der Waals surface area contributed by atoms with Gasteiger partial charge in [0.2, 0.25) is 0 Å². The number of sulfone groups is 1. The van der Waals surface area contributed by atoms with Gasteiger partial charge in [-0.3, -0.25) is 4.79 Å². The molecule has 0 saturated heterocycles. The van der Waals surface area contributed by atoms with Gasteiger partial charge < -0.3 is 5.11 Å². The topological polar surface area (TPSA) is 71.4 Å². The molecular weight excluding hydrogens is 204 g/mol. The molecule has 1 N–H and O–H groups in total. The van der Waals surface area contributed by atoms with E-state index in [9.17, 15) is 13.2 Å². The zero-order valence-electron chi connectivity index (χ0n) is 8.69. The first-order valence-electron chi connectivity index (χ1n) is 4.66. The smallest absolute Gasteiger partial charge is 0.147 e. The Bertz CT molecular complexity index is 269. The first kappa shape index (κ1) is 13.6. The van der Waals surface area contributed by atoms with Crippen LogP contribution in [0.25, 0.3) is 0 Å². The van der Waals surface area contributed by atoms with Crippen molar-refractivity contribution in [1.29, 1.82) is 0 Å².